The van der Waals surface area contributed by atoms with Crippen LogP contribution in [0.5, 0.6) is 0 Å². The molecule has 0 spiro atoms. The van der Waals surface area contributed by atoms with E-state index in [9.17, 15) is 22.8 Å². The van der Waals surface area contributed by atoms with E-state index in [1.165, 1.54) is 37.3 Å². The Morgan fingerprint density at radius 1 is 0.870 bits per heavy atom. The monoisotopic (exact) mass is 322 g/mol. The molecule has 23 heavy (non-hydrogen) atoms. The minimum absolute atomic E-state index is 0.0691. The summed E-state index contributed by atoms with van der Waals surface area (Å²) in [6.45, 7) is 1.27. The van der Waals surface area contributed by atoms with Gasteiger partial charge in [-0.05, 0) is 24.3 Å². The van der Waals surface area contributed by atoms with Crippen molar-refractivity contribution in [1.29, 1.82) is 0 Å². The van der Waals surface area contributed by atoms with Crippen molar-refractivity contribution in [2.75, 3.05) is 10.6 Å². The summed E-state index contributed by atoms with van der Waals surface area (Å²) in [6.07, 6.45) is -4.58. The molecule has 0 aliphatic carbocycles. The third-order valence-electron chi connectivity index (χ3n) is 2.96. The summed E-state index contributed by atoms with van der Waals surface area (Å²) in [7, 11) is 0. The molecule has 0 saturated heterocycles. The van der Waals surface area contributed by atoms with Gasteiger partial charge in [0.2, 0.25) is 5.91 Å². The molecule has 2 aromatic carbocycles. The second kappa shape index (κ2) is 6.51. The molecule has 0 radical (unpaired) electrons. The number of benzene rings is 2. The van der Waals surface area contributed by atoms with Crippen LogP contribution in [-0.2, 0) is 11.0 Å². The molecule has 0 unspecified atom stereocenters. The van der Waals surface area contributed by atoms with Crippen molar-refractivity contribution in [3.05, 3.63) is 59.7 Å². The number of nitrogens with one attached hydrogen (secondary N) is 2. The molecule has 0 bridgehead atoms. The third-order valence-corrected chi connectivity index (χ3v) is 2.96. The van der Waals surface area contributed by atoms with Crippen molar-refractivity contribution in [2.24, 2.45) is 0 Å². The highest BCUT2D eigenvalue weighted by atomic mass is 19.4. The highest BCUT2D eigenvalue weighted by Crippen LogP contribution is 2.34. The van der Waals surface area contributed by atoms with Gasteiger partial charge in [-0.2, -0.15) is 13.2 Å². The van der Waals surface area contributed by atoms with E-state index < -0.39 is 17.6 Å². The zero-order valence-electron chi connectivity index (χ0n) is 12.1. The number of carbonyl (C=O) groups excluding carboxylic acids is 2. The van der Waals surface area contributed by atoms with Crippen molar-refractivity contribution in [2.45, 2.75) is 13.1 Å². The van der Waals surface area contributed by atoms with Gasteiger partial charge >= 0.3 is 6.18 Å². The Labute approximate surface area is 130 Å². The van der Waals surface area contributed by atoms with Crippen molar-refractivity contribution < 1.29 is 22.8 Å². The van der Waals surface area contributed by atoms with Crippen molar-refractivity contribution in [1.82, 2.24) is 0 Å². The van der Waals surface area contributed by atoms with E-state index in [1.807, 2.05) is 0 Å². The summed E-state index contributed by atoms with van der Waals surface area (Å²) in [5.74, 6) is -1.13. The molecule has 0 fully saturated rings. The van der Waals surface area contributed by atoms with E-state index >= 15 is 0 Å². The Bertz CT molecular complexity index is 742. The standard InChI is InChI=1S/C16H13F3N2O2/c1-10(22)20-13-8-4-2-6-11(13)15(23)21-14-9-5-3-7-12(14)16(17,18)19/h2-9H,1H3,(H,20,22)(H,21,23). The molecule has 2 amide bonds. The summed E-state index contributed by atoms with van der Waals surface area (Å²) >= 11 is 0. The van der Waals surface area contributed by atoms with Gasteiger partial charge < -0.3 is 10.6 Å². The lowest BCUT2D eigenvalue weighted by atomic mass is 10.1. The number of carbonyl (C=O) groups is 2. The van der Waals surface area contributed by atoms with E-state index in [0.29, 0.717) is 0 Å². The third kappa shape index (κ3) is 4.09. The minimum atomic E-state index is -4.58. The SMILES string of the molecule is CC(=O)Nc1ccccc1C(=O)Nc1ccccc1C(F)(F)F. The lowest BCUT2D eigenvalue weighted by Crippen LogP contribution is -2.19. The molecular formula is C16H13F3N2O2. The molecule has 2 N–H and O–H groups in total. The molecule has 2 aromatic rings. The molecule has 0 aliphatic heterocycles. The molecule has 0 heterocycles. The normalized spacial score (nSPS) is 11.0. The number of hydrogen-bond donors (Lipinski definition) is 2. The summed E-state index contributed by atoms with van der Waals surface area (Å²) < 4.78 is 38.8. The van der Waals surface area contributed by atoms with Gasteiger partial charge in [0.05, 0.1) is 22.5 Å². The van der Waals surface area contributed by atoms with Gasteiger partial charge in [0.1, 0.15) is 0 Å². The Morgan fingerprint density at radius 3 is 2.04 bits per heavy atom. The van der Waals surface area contributed by atoms with Gasteiger partial charge in [-0.25, -0.2) is 0 Å². The average molecular weight is 322 g/mol. The lowest BCUT2D eigenvalue weighted by molar-refractivity contribution is -0.136. The van der Waals surface area contributed by atoms with Gasteiger partial charge in [0.15, 0.2) is 0 Å². The quantitative estimate of drug-likeness (QED) is 0.900. The topological polar surface area (TPSA) is 58.2 Å². The number of rotatable bonds is 3. The molecule has 120 valence electrons. The van der Waals surface area contributed by atoms with Gasteiger partial charge in [0, 0.05) is 6.92 Å². The smallest absolute Gasteiger partial charge is 0.326 e. The Balaban J connectivity index is 2.33. The molecule has 0 aromatic heterocycles. The maximum atomic E-state index is 12.9. The van der Waals surface area contributed by atoms with E-state index in [4.69, 9.17) is 0 Å². The van der Waals surface area contributed by atoms with Gasteiger partial charge in [-0.15, -0.1) is 0 Å². The van der Waals surface area contributed by atoms with Gasteiger partial charge in [0.25, 0.3) is 5.91 Å². The minimum Gasteiger partial charge on any atom is -0.326 e. The molecule has 2 rings (SSSR count). The fourth-order valence-corrected chi connectivity index (χ4v) is 2.01. The number of hydrogen-bond acceptors (Lipinski definition) is 2. The number of alkyl halides is 3. The fourth-order valence-electron chi connectivity index (χ4n) is 2.01. The van der Waals surface area contributed by atoms with Crippen LogP contribution in [0.2, 0.25) is 0 Å². The zero-order chi connectivity index (χ0) is 17.0. The van der Waals surface area contributed by atoms with E-state index in [0.717, 1.165) is 6.07 Å². The summed E-state index contributed by atoms with van der Waals surface area (Å²) in [6, 6.07) is 10.7. The summed E-state index contributed by atoms with van der Waals surface area (Å²) in [4.78, 5) is 23.4. The molecule has 0 saturated carbocycles. The van der Waals surface area contributed by atoms with Crippen LogP contribution in [0, 0.1) is 0 Å². The van der Waals surface area contributed by atoms with Crippen LogP contribution in [0.4, 0.5) is 24.5 Å². The first-order valence-electron chi connectivity index (χ1n) is 6.63. The number of anilines is 2. The van der Waals surface area contributed by atoms with Crippen LogP contribution in [0.15, 0.2) is 48.5 Å². The van der Waals surface area contributed by atoms with Crippen molar-refractivity contribution >= 4 is 23.2 Å². The largest absolute Gasteiger partial charge is 0.418 e. The fraction of sp³-hybridized carbons (Fsp3) is 0.125. The Kier molecular flexibility index (Phi) is 4.68. The Hall–Kier alpha value is -2.83. The highest BCUT2D eigenvalue weighted by molar-refractivity contribution is 6.10. The second-order valence-electron chi connectivity index (χ2n) is 4.72. The van der Waals surface area contributed by atoms with Crippen LogP contribution >= 0.6 is 0 Å². The Morgan fingerprint density at radius 2 is 1.43 bits per heavy atom. The molecule has 7 heteroatoms. The highest BCUT2D eigenvalue weighted by Gasteiger charge is 2.33. The maximum absolute atomic E-state index is 12.9. The number of amides is 2. The first kappa shape index (κ1) is 16.5. The zero-order valence-corrected chi connectivity index (χ0v) is 12.1. The molecular weight excluding hydrogens is 309 g/mol. The molecule has 0 atom stereocenters. The summed E-state index contributed by atoms with van der Waals surface area (Å²) in [5, 5.41) is 4.70. The van der Waals surface area contributed by atoms with Crippen LogP contribution in [0.25, 0.3) is 0 Å². The first-order valence-corrected chi connectivity index (χ1v) is 6.63. The van der Waals surface area contributed by atoms with Gasteiger partial charge in [-0.1, -0.05) is 24.3 Å². The number of para-hydroxylation sites is 2. The molecule has 4 nitrogen and oxygen atoms in total. The van der Waals surface area contributed by atoms with Crippen molar-refractivity contribution in [3.63, 3.8) is 0 Å². The predicted octanol–water partition coefficient (Wildman–Crippen LogP) is 3.92. The number of halogens is 3. The molecule has 0 aliphatic rings. The van der Waals surface area contributed by atoms with Crippen LogP contribution < -0.4 is 10.6 Å². The van der Waals surface area contributed by atoms with Crippen LogP contribution in [-0.4, -0.2) is 11.8 Å². The van der Waals surface area contributed by atoms with Crippen LogP contribution in [0.1, 0.15) is 22.8 Å². The lowest BCUT2D eigenvalue weighted by Gasteiger charge is -2.15. The summed E-state index contributed by atoms with van der Waals surface area (Å²) in [5.41, 5.74) is -0.991. The van der Waals surface area contributed by atoms with E-state index in [-0.39, 0.29) is 22.8 Å². The van der Waals surface area contributed by atoms with E-state index in [1.54, 1.807) is 12.1 Å². The second-order valence-corrected chi connectivity index (χ2v) is 4.72. The first-order chi connectivity index (χ1) is 10.8. The predicted molar refractivity (Wildman–Crippen MR) is 80.1 cm³/mol. The van der Waals surface area contributed by atoms with Crippen LogP contribution in [0.3, 0.4) is 0 Å². The van der Waals surface area contributed by atoms with Crippen molar-refractivity contribution in [3.8, 4) is 0 Å². The van der Waals surface area contributed by atoms with Gasteiger partial charge in [-0.3, -0.25) is 9.59 Å². The average Bonchev–Trinajstić information content (AvgIpc) is 2.46. The van der Waals surface area contributed by atoms with E-state index in [2.05, 4.69) is 10.6 Å². The maximum Gasteiger partial charge on any atom is 0.418 e.